The molecular weight excluding hydrogens is 246 g/mol. The molecule has 3 heteroatoms. The first-order valence-corrected chi connectivity index (χ1v) is 6.87. The Kier molecular flexibility index (Phi) is 5.18. The molecule has 0 fully saturated rings. The average molecular weight is 267 g/mol. The third-order valence-electron chi connectivity index (χ3n) is 3.38. The lowest BCUT2D eigenvalue weighted by atomic mass is 9.88. The smallest absolute Gasteiger partial charge is 0.188 e. The summed E-state index contributed by atoms with van der Waals surface area (Å²) in [5, 5.41) is 3.13. The van der Waals surface area contributed by atoms with E-state index in [1.54, 1.807) is 7.05 Å². The molecule has 2 rings (SSSR count). The minimum Gasteiger partial charge on any atom is -0.370 e. The molecule has 0 atom stereocenters. The fraction of sp³-hybridized carbons (Fsp3) is 0.235. The predicted molar refractivity (Wildman–Crippen MR) is 84.9 cm³/mol. The van der Waals surface area contributed by atoms with Gasteiger partial charge in [-0.15, -0.1) is 0 Å². The zero-order valence-electron chi connectivity index (χ0n) is 11.8. The van der Waals surface area contributed by atoms with E-state index in [2.05, 4.69) is 58.8 Å². The van der Waals surface area contributed by atoms with Gasteiger partial charge in [-0.2, -0.15) is 0 Å². The van der Waals surface area contributed by atoms with Crippen LogP contribution in [0, 0.1) is 0 Å². The maximum atomic E-state index is 5.68. The summed E-state index contributed by atoms with van der Waals surface area (Å²) in [5.74, 6) is 0.861. The van der Waals surface area contributed by atoms with Crippen LogP contribution >= 0.6 is 0 Å². The summed E-state index contributed by atoms with van der Waals surface area (Å²) >= 11 is 0. The zero-order valence-corrected chi connectivity index (χ0v) is 11.8. The van der Waals surface area contributed by atoms with Crippen molar-refractivity contribution in [3.63, 3.8) is 0 Å². The average Bonchev–Trinajstić information content (AvgIpc) is 2.53. The van der Waals surface area contributed by atoms with Crippen LogP contribution in [0.1, 0.15) is 23.5 Å². The molecule has 3 N–H and O–H groups in total. The summed E-state index contributed by atoms with van der Waals surface area (Å²) in [6.45, 7) is 0.803. The van der Waals surface area contributed by atoms with E-state index in [9.17, 15) is 0 Å². The Morgan fingerprint density at radius 1 is 1.00 bits per heavy atom. The highest BCUT2D eigenvalue weighted by Crippen LogP contribution is 2.27. The monoisotopic (exact) mass is 267 g/mol. The van der Waals surface area contributed by atoms with Gasteiger partial charge in [0.05, 0.1) is 0 Å². The minimum atomic E-state index is 0.370. The first kappa shape index (κ1) is 14.1. The molecule has 0 saturated carbocycles. The van der Waals surface area contributed by atoms with Gasteiger partial charge in [-0.25, -0.2) is 0 Å². The maximum absolute atomic E-state index is 5.68. The second-order valence-corrected chi connectivity index (χ2v) is 4.70. The van der Waals surface area contributed by atoms with E-state index < -0.39 is 0 Å². The van der Waals surface area contributed by atoms with E-state index in [1.165, 1.54) is 11.1 Å². The van der Waals surface area contributed by atoms with Gasteiger partial charge < -0.3 is 11.1 Å². The molecule has 0 bridgehead atoms. The summed E-state index contributed by atoms with van der Waals surface area (Å²) in [7, 11) is 1.69. The Bertz CT molecular complexity index is 495. The second-order valence-electron chi connectivity index (χ2n) is 4.70. The van der Waals surface area contributed by atoms with E-state index >= 15 is 0 Å². The third kappa shape index (κ3) is 3.85. The highest BCUT2D eigenvalue weighted by atomic mass is 15.1. The van der Waals surface area contributed by atoms with Crippen LogP contribution in [0.15, 0.2) is 65.7 Å². The highest BCUT2D eigenvalue weighted by molar-refractivity contribution is 5.77. The van der Waals surface area contributed by atoms with Crippen LogP contribution in [0.25, 0.3) is 0 Å². The molecule has 3 nitrogen and oxygen atoms in total. The number of hydrogen-bond donors (Lipinski definition) is 2. The molecule has 0 aliphatic carbocycles. The normalized spacial score (nSPS) is 11.6. The Morgan fingerprint density at radius 2 is 1.50 bits per heavy atom. The molecule has 0 aliphatic rings. The molecule has 0 heterocycles. The maximum Gasteiger partial charge on any atom is 0.188 e. The summed E-state index contributed by atoms with van der Waals surface area (Å²) in [6, 6.07) is 21.1. The molecular formula is C17H21N3. The van der Waals surface area contributed by atoms with Crippen molar-refractivity contribution in [3.8, 4) is 0 Å². The van der Waals surface area contributed by atoms with Gasteiger partial charge in [-0.3, -0.25) is 4.99 Å². The van der Waals surface area contributed by atoms with E-state index in [0.29, 0.717) is 11.9 Å². The van der Waals surface area contributed by atoms with Gasteiger partial charge in [-0.05, 0) is 17.5 Å². The van der Waals surface area contributed by atoms with Crippen LogP contribution in [0.2, 0.25) is 0 Å². The topological polar surface area (TPSA) is 50.4 Å². The van der Waals surface area contributed by atoms with E-state index in [-0.39, 0.29) is 0 Å². The van der Waals surface area contributed by atoms with Gasteiger partial charge in [0.15, 0.2) is 5.96 Å². The number of nitrogens with two attached hydrogens (primary N) is 1. The van der Waals surface area contributed by atoms with Crippen molar-refractivity contribution in [2.45, 2.75) is 12.3 Å². The quantitative estimate of drug-likeness (QED) is 0.646. The highest BCUT2D eigenvalue weighted by Gasteiger charge is 2.13. The number of hydrogen-bond acceptors (Lipinski definition) is 1. The molecule has 104 valence electrons. The summed E-state index contributed by atoms with van der Waals surface area (Å²) < 4.78 is 0. The molecule has 0 saturated heterocycles. The molecule has 2 aromatic rings. The van der Waals surface area contributed by atoms with Crippen LogP contribution in [0.4, 0.5) is 0 Å². The van der Waals surface area contributed by atoms with Crippen molar-refractivity contribution >= 4 is 5.96 Å². The van der Waals surface area contributed by atoms with Crippen LogP contribution in [0.3, 0.4) is 0 Å². The minimum absolute atomic E-state index is 0.370. The standard InChI is InChI=1S/C17H21N3/c1-19-17(18)20-13-12-16(14-8-4-2-5-9-14)15-10-6-3-7-11-15/h2-11,16H,12-13H2,1H3,(H3,18,19,20). The number of guanidine groups is 1. The first-order valence-electron chi connectivity index (χ1n) is 6.87. The molecule has 0 aliphatic heterocycles. The summed E-state index contributed by atoms with van der Waals surface area (Å²) in [6.07, 6.45) is 0.976. The molecule has 0 amide bonds. The SMILES string of the molecule is CN=C(N)NCCC(c1ccccc1)c1ccccc1. The van der Waals surface area contributed by atoms with Crippen LogP contribution < -0.4 is 11.1 Å². The van der Waals surface area contributed by atoms with Gasteiger partial charge in [0, 0.05) is 19.5 Å². The third-order valence-corrected chi connectivity index (χ3v) is 3.38. The fourth-order valence-corrected chi connectivity index (χ4v) is 2.32. The van der Waals surface area contributed by atoms with Crippen molar-refractivity contribution in [3.05, 3.63) is 71.8 Å². The van der Waals surface area contributed by atoms with Crippen LogP contribution in [-0.4, -0.2) is 19.6 Å². The van der Waals surface area contributed by atoms with Gasteiger partial charge in [0.25, 0.3) is 0 Å². The molecule has 0 unspecified atom stereocenters. The first-order chi connectivity index (χ1) is 9.81. The van der Waals surface area contributed by atoms with E-state index in [1.807, 2.05) is 12.1 Å². The molecule has 0 radical (unpaired) electrons. The lowest BCUT2D eigenvalue weighted by Crippen LogP contribution is -2.32. The summed E-state index contributed by atoms with van der Waals surface area (Å²) in [4.78, 5) is 3.91. The van der Waals surface area contributed by atoms with Crippen molar-refractivity contribution in [2.24, 2.45) is 10.7 Å². The number of nitrogens with one attached hydrogen (secondary N) is 1. The number of aliphatic imine (C=N–C) groups is 1. The Hall–Kier alpha value is -2.29. The van der Waals surface area contributed by atoms with E-state index in [0.717, 1.165) is 13.0 Å². The lowest BCUT2D eigenvalue weighted by Gasteiger charge is -2.18. The van der Waals surface area contributed by atoms with Gasteiger partial charge in [-0.1, -0.05) is 60.7 Å². The molecule has 0 spiro atoms. The van der Waals surface area contributed by atoms with Crippen LogP contribution in [-0.2, 0) is 0 Å². The van der Waals surface area contributed by atoms with Gasteiger partial charge in [0.1, 0.15) is 0 Å². The van der Waals surface area contributed by atoms with Crippen molar-refractivity contribution in [2.75, 3.05) is 13.6 Å². The van der Waals surface area contributed by atoms with Gasteiger partial charge >= 0.3 is 0 Å². The predicted octanol–water partition coefficient (Wildman–Crippen LogP) is 2.74. The summed E-state index contributed by atoms with van der Waals surface area (Å²) in [5.41, 5.74) is 8.33. The van der Waals surface area contributed by atoms with E-state index in [4.69, 9.17) is 5.73 Å². The number of nitrogens with zero attached hydrogens (tertiary/aromatic N) is 1. The second kappa shape index (κ2) is 7.34. The number of rotatable bonds is 5. The lowest BCUT2D eigenvalue weighted by molar-refractivity contribution is 0.689. The molecule has 0 aromatic heterocycles. The Labute approximate surface area is 120 Å². The molecule has 2 aromatic carbocycles. The fourth-order valence-electron chi connectivity index (χ4n) is 2.32. The van der Waals surface area contributed by atoms with Gasteiger partial charge in [0.2, 0.25) is 0 Å². The molecule has 20 heavy (non-hydrogen) atoms. The zero-order chi connectivity index (χ0) is 14.2. The van der Waals surface area contributed by atoms with Crippen molar-refractivity contribution in [1.82, 2.24) is 5.32 Å². The van der Waals surface area contributed by atoms with Crippen LogP contribution in [0.5, 0.6) is 0 Å². The Morgan fingerprint density at radius 3 is 1.95 bits per heavy atom. The largest absolute Gasteiger partial charge is 0.370 e. The Balaban J connectivity index is 2.13. The number of benzene rings is 2. The van der Waals surface area contributed by atoms with Crippen molar-refractivity contribution in [1.29, 1.82) is 0 Å². The van der Waals surface area contributed by atoms with Crippen molar-refractivity contribution < 1.29 is 0 Å².